The summed E-state index contributed by atoms with van der Waals surface area (Å²) in [5.74, 6) is 1.84. The van der Waals surface area contributed by atoms with Gasteiger partial charge in [0.05, 0.1) is 0 Å². The Balaban J connectivity index is 4.03. The first kappa shape index (κ1) is 9.90. The molecule has 0 aliphatic heterocycles. The molecule has 7 heteroatoms. The fourth-order valence-electron chi connectivity index (χ4n) is 0.270. The van der Waals surface area contributed by atoms with Crippen molar-refractivity contribution in [3.05, 3.63) is 0 Å². The Labute approximate surface area is 58.5 Å². The average Bonchev–Trinajstić information content (AvgIpc) is 1.59. The number of hydrogen-bond acceptors (Lipinski definition) is 3. The second-order valence-electron chi connectivity index (χ2n) is 1.36. The van der Waals surface area contributed by atoms with Crippen LogP contribution in [0.15, 0.2) is 0 Å². The molecule has 2 unspecified atom stereocenters. The Bertz CT molecular complexity index is 215. The third kappa shape index (κ3) is 4.75. The van der Waals surface area contributed by atoms with Crippen LogP contribution in [0.5, 0.6) is 0 Å². The minimum Gasteiger partial charge on any atom is -0.326 e. The Morgan fingerprint density at radius 3 is 2.60 bits per heavy atom. The zero-order chi connectivity index (χ0) is 8.20. The van der Waals surface area contributed by atoms with Crippen LogP contribution in [-0.4, -0.2) is 15.9 Å². The first-order valence-electron chi connectivity index (χ1n) is 2.16. The van der Waals surface area contributed by atoms with E-state index >= 15 is 0 Å². The standard InChI is InChI=1S/C3H6O5P2/c1-2-3-10(6,7)8-9(4)5/h1,9H,3H2,(H,4,5)(H,6,7). The Hall–Kier alpha value is -0.100. The van der Waals surface area contributed by atoms with Crippen LogP contribution in [0.3, 0.4) is 0 Å². The van der Waals surface area contributed by atoms with Gasteiger partial charge < -0.3 is 9.79 Å². The van der Waals surface area contributed by atoms with Gasteiger partial charge in [0.25, 0.3) is 0 Å². The molecule has 0 amide bonds. The van der Waals surface area contributed by atoms with E-state index in [-0.39, 0.29) is 0 Å². The van der Waals surface area contributed by atoms with Crippen LogP contribution < -0.4 is 0 Å². The molecule has 0 aromatic rings. The van der Waals surface area contributed by atoms with Gasteiger partial charge in [0, 0.05) is 0 Å². The van der Waals surface area contributed by atoms with E-state index in [0.717, 1.165) is 0 Å². The fourth-order valence-corrected chi connectivity index (χ4v) is 1.73. The van der Waals surface area contributed by atoms with Crippen LogP contribution in [0.1, 0.15) is 0 Å². The van der Waals surface area contributed by atoms with E-state index in [9.17, 15) is 9.13 Å². The Morgan fingerprint density at radius 2 is 2.30 bits per heavy atom. The van der Waals surface area contributed by atoms with Gasteiger partial charge in [0.1, 0.15) is 6.16 Å². The van der Waals surface area contributed by atoms with Crippen molar-refractivity contribution >= 4 is 15.9 Å². The molecule has 0 saturated heterocycles. The topological polar surface area (TPSA) is 83.8 Å². The van der Waals surface area contributed by atoms with Crippen LogP contribution in [-0.2, 0) is 13.4 Å². The zero-order valence-electron chi connectivity index (χ0n) is 4.85. The molecule has 10 heavy (non-hydrogen) atoms. The smallest absolute Gasteiger partial charge is 0.326 e. The summed E-state index contributed by atoms with van der Waals surface area (Å²) in [7, 11) is -7.37. The number of rotatable bonds is 3. The van der Waals surface area contributed by atoms with Crippen molar-refractivity contribution in [1.82, 2.24) is 0 Å². The van der Waals surface area contributed by atoms with E-state index in [0.29, 0.717) is 0 Å². The lowest BCUT2D eigenvalue weighted by molar-refractivity contribution is 0.353. The molecule has 0 fully saturated rings. The van der Waals surface area contributed by atoms with Crippen LogP contribution in [0.2, 0.25) is 0 Å². The second kappa shape index (κ2) is 3.92. The van der Waals surface area contributed by atoms with E-state index < -0.39 is 22.0 Å². The Kier molecular flexibility index (Phi) is 3.88. The van der Waals surface area contributed by atoms with Crippen molar-refractivity contribution in [3.8, 4) is 12.3 Å². The lowest BCUT2D eigenvalue weighted by atomic mass is 10.8. The molecule has 0 aliphatic rings. The van der Waals surface area contributed by atoms with Crippen molar-refractivity contribution in [3.63, 3.8) is 0 Å². The normalized spacial score (nSPS) is 18.9. The van der Waals surface area contributed by atoms with Crippen molar-refractivity contribution in [2.45, 2.75) is 0 Å². The molecule has 0 aliphatic carbocycles. The second-order valence-corrected chi connectivity index (χ2v) is 4.21. The minimum atomic E-state index is -4.00. The maximum Gasteiger partial charge on any atom is 0.346 e. The third-order valence-electron chi connectivity index (χ3n) is 0.512. The predicted octanol–water partition coefficient (Wildman–Crippen LogP) is 0.204. The summed E-state index contributed by atoms with van der Waals surface area (Å²) in [4.78, 5) is 16.6. The quantitative estimate of drug-likeness (QED) is 0.483. The van der Waals surface area contributed by atoms with Crippen molar-refractivity contribution < 1.29 is 23.2 Å². The van der Waals surface area contributed by atoms with Gasteiger partial charge in [-0.25, -0.2) is 4.31 Å². The van der Waals surface area contributed by atoms with E-state index in [1.165, 1.54) is 0 Å². The molecule has 2 N–H and O–H groups in total. The molecule has 0 bridgehead atoms. The first-order chi connectivity index (χ1) is 4.48. The van der Waals surface area contributed by atoms with Crippen molar-refractivity contribution in [2.75, 3.05) is 6.16 Å². The summed E-state index contributed by atoms with van der Waals surface area (Å²) in [5.41, 5.74) is 0. The maximum atomic E-state index is 10.5. The molecule has 0 heterocycles. The van der Waals surface area contributed by atoms with Crippen LogP contribution in [0.25, 0.3) is 0 Å². The van der Waals surface area contributed by atoms with Crippen LogP contribution in [0, 0.1) is 12.3 Å². The van der Waals surface area contributed by atoms with Crippen molar-refractivity contribution in [1.29, 1.82) is 0 Å². The van der Waals surface area contributed by atoms with E-state index in [2.05, 4.69) is 10.7 Å². The minimum absolute atomic E-state index is 0.552. The predicted molar refractivity (Wildman–Crippen MR) is 35.8 cm³/mol. The highest BCUT2D eigenvalue weighted by Crippen LogP contribution is 2.48. The van der Waals surface area contributed by atoms with E-state index in [1.807, 2.05) is 5.92 Å². The molecule has 5 nitrogen and oxygen atoms in total. The van der Waals surface area contributed by atoms with Crippen LogP contribution >= 0.6 is 15.9 Å². The molecule has 0 aromatic heterocycles. The van der Waals surface area contributed by atoms with E-state index in [4.69, 9.17) is 9.79 Å². The highest BCUT2D eigenvalue weighted by atomic mass is 31.2. The Morgan fingerprint density at radius 1 is 1.80 bits per heavy atom. The van der Waals surface area contributed by atoms with Crippen LogP contribution in [0.4, 0.5) is 0 Å². The van der Waals surface area contributed by atoms with Gasteiger partial charge in [0.2, 0.25) is 0 Å². The first-order valence-corrected chi connectivity index (χ1v) is 5.18. The summed E-state index contributed by atoms with van der Waals surface area (Å²) in [6, 6.07) is 0. The van der Waals surface area contributed by atoms with E-state index in [1.54, 1.807) is 0 Å². The molecule has 0 saturated carbocycles. The summed E-state index contributed by atoms with van der Waals surface area (Å²) in [6.45, 7) is 0. The molecule has 0 rings (SSSR count). The molecule has 58 valence electrons. The van der Waals surface area contributed by atoms with Gasteiger partial charge in [-0.3, -0.25) is 9.13 Å². The van der Waals surface area contributed by atoms with Gasteiger partial charge in [-0.15, -0.1) is 6.42 Å². The monoisotopic (exact) mass is 184 g/mol. The fraction of sp³-hybridized carbons (Fsp3) is 0.333. The summed E-state index contributed by atoms with van der Waals surface area (Å²) < 4.78 is 24.1. The molecular formula is C3H6O5P2. The molecule has 0 radical (unpaired) electrons. The van der Waals surface area contributed by atoms with Gasteiger partial charge in [0.15, 0.2) is 0 Å². The average molecular weight is 184 g/mol. The highest BCUT2D eigenvalue weighted by molar-refractivity contribution is 7.59. The van der Waals surface area contributed by atoms with Gasteiger partial charge >= 0.3 is 15.9 Å². The highest BCUT2D eigenvalue weighted by Gasteiger charge is 2.19. The van der Waals surface area contributed by atoms with Crippen molar-refractivity contribution in [2.24, 2.45) is 0 Å². The number of hydrogen-bond donors (Lipinski definition) is 2. The number of terminal acetylenes is 1. The molecule has 0 aromatic carbocycles. The van der Waals surface area contributed by atoms with Gasteiger partial charge in [-0.05, 0) is 0 Å². The lowest BCUT2D eigenvalue weighted by Gasteiger charge is -2.03. The zero-order valence-corrected chi connectivity index (χ0v) is 6.75. The summed E-state index contributed by atoms with van der Waals surface area (Å²) in [5, 5.41) is 0. The summed E-state index contributed by atoms with van der Waals surface area (Å²) >= 11 is 0. The molecule has 0 spiro atoms. The van der Waals surface area contributed by atoms with Gasteiger partial charge in [-0.2, -0.15) is 0 Å². The van der Waals surface area contributed by atoms with Gasteiger partial charge in [-0.1, -0.05) is 5.92 Å². The third-order valence-corrected chi connectivity index (χ3v) is 2.86. The lowest BCUT2D eigenvalue weighted by Crippen LogP contribution is -1.85. The molecular weight excluding hydrogens is 178 g/mol. The maximum absolute atomic E-state index is 10.5. The summed E-state index contributed by atoms with van der Waals surface area (Å²) in [6.07, 6.45) is 4.10. The molecule has 2 atom stereocenters. The SMILES string of the molecule is C#CCP(=O)(O)O[PH](=O)O. The largest absolute Gasteiger partial charge is 0.346 e.